The van der Waals surface area contributed by atoms with Gasteiger partial charge in [-0.05, 0) is 39.2 Å². The second-order valence-corrected chi connectivity index (χ2v) is 7.21. The molecule has 0 radical (unpaired) electrons. The minimum absolute atomic E-state index is 0.252. The zero-order valence-corrected chi connectivity index (χ0v) is 16.3. The minimum atomic E-state index is -0.966. The van der Waals surface area contributed by atoms with Crippen LogP contribution in [-0.2, 0) is 15.1 Å². The molecule has 6 nitrogen and oxygen atoms in total. The van der Waals surface area contributed by atoms with Crippen LogP contribution in [0.25, 0.3) is 17.0 Å². The average Bonchev–Trinajstić information content (AvgIpc) is 3.19. The summed E-state index contributed by atoms with van der Waals surface area (Å²) in [5.41, 5.74) is 1.33. The van der Waals surface area contributed by atoms with Gasteiger partial charge >= 0.3 is 5.97 Å². The number of thiazole rings is 1. The molecule has 0 aromatic carbocycles. The fourth-order valence-corrected chi connectivity index (χ4v) is 3.07. The lowest BCUT2D eigenvalue weighted by Gasteiger charge is -2.19. The van der Waals surface area contributed by atoms with E-state index in [0.717, 1.165) is 18.5 Å². The molecule has 25 heavy (non-hydrogen) atoms. The Labute approximate surface area is 152 Å². The molecule has 2 aromatic rings. The zero-order valence-electron chi connectivity index (χ0n) is 15.5. The number of esters is 1. The van der Waals surface area contributed by atoms with Gasteiger partial charge in [-0.15, -0.1) is 21.5 Å². The van der Waals surface area contributed by atoms with E-state index in [9.17, 15) is 4.79 Å². The first-order valence-corrected chi connectivity index (χ1v) is 9.42. The minimum Gasteiger partial charge on any atom is -0.450 e. The second kappa shape index (κ2) is 8.38. The van der Waals surface area contributed by atoms with Crippen molar-refractivity contribution in [2.24, 2.45) is 0 Å². The van der Waals surface area contributed by atoms with E-state index in [0.29, 0.717) is 10.9 Å². The number of hydrogen-bond donors (Lipinski definition) is 0. The smallest absolute Gasteiger partial charge is 0.303 e. The Balaban J connectivity index is 2.17. The number of hydrogen-bond acceptors (Lipinski definition) is 7. The first-order valence-electron chi connectivity index (χ1n) is 8.54. The standard InChI is InChI=1S/C18H25N3O3S/c1-6-8-9-13(7-2)10-14-11-25-16(19-14)15-20-21-17(23-15)18(4,5)24-12(3)22/h10-11H,6-9H2,1-5H3/b13-10-. The molecule has 0 spiro atoms. The highest BCUT2D eigenvalue weighted by molar-refractivity contribution is 7.13. The monoisotopic (exact) mass is 363 g/mol. The number of aromatic nitrogens is 3. The molecule has 0 bridgehead atoms. The Hall–Kier alpha value is -2.02. The molecule has 0 unspecified atom stereocenters. The van der Waals surface area contributed by atoms with Crippen LogP contribution in [0.4, 0.5) is 0 Å². The lowest BCUT2D eigenvalue weighted by molar-refractivity contribution is -0.156. The van der Waals surface area contributed by atoms with Gasteiger partial charge in [-0.3, -0.25) is 4.79 Å². The molecular formula is C18H25N3O3S. The van der Waals surface area contributed by atoms with E-state index < -0.39 is 11.6 Å². The van der Waals surface area contributed by atoms with E-state index in [-0.39, 0.29) is 5.89 Å². The maximum atomic E-state index is 11.2. The van der Waals surface area contributed by atoms with E-state index in [2.05, 4.69) is 35.1 Å². The van der Waals surface area contributed by atoms with Gasteiger partial charge in [0.1, 0.15) is 0 Å². The maximum absolute atomic E-state index is 11.2. The highest BCUT2D eigenvalue weighted by atomic mass is 32.1. The third-order valence-electron chi connectivity index (χ3n) is 3.70. The molecule has 2 aromatic heterocycles. The molecule has 7 heteroatoms. The molecule has 0 N–H and O–H groups in total. The quantitative estimate of drug-likeness (QED) is 0.616. The van der Waals surface area contributed by atoms with Crippen molar-refractivity contribution in [2.75, 3.05) is 0 Å². The topological polar surface area (TPSA) is 78.1 Å². The molecule has 0 saturated heterocycles. The summed E-state index contributed by atoms with van der Waals surface area (Å²) in [5, 5.41) is 10.7. The zero-order chi connectivity index (χ0) is 18.4. The lowest BCUT2D eigenvalue weighted by atomic mass is 10.1. The predicted octanol–water partition coefficient (Wildman–Crippen LogP) is 4.97. The van der Waals surface area contributed by atoms with Crippen molar-refractivity contribution in [1.29, 1.82) is 0 Å². The molecule has 0 saturated carbocycles. The molecule has 2 rings (SSSR count). The first kappa shape index (κ1) is 19.3. The van der Waals surface area contributed by atoms with Crippen molar-refractivity contribution in [2.45, 2.75) is 65.9 Å². The van der Waals surface area contributed by atoms with Crippen LogP contribution in [0.15, 0.2) is 15.4 Å². The van der Waals surface area contributed by atoms with Crippen LogP contribution in [0.3, 0.4) is 0 Å². The fraction of sp³-hybridized carbons (Fsp3) is 0.556. The molecule has 0 atom stereocenters. The van der Waals surface area contributed by atoms with Gasteiger partial charge in [0, 0.05) is 12.3 Å². The van der Waals surface area contributed by atoms with Gasteiger partial charge in [-0.2, -0.15) is 0 Å². The first-order chi connectivity index (χ1) is 11.9. The molecule has 0 aliphatic carbocycles. The molecule has 0 amide bonds. The lowest BCUT2D eigenvalue weighted by Crippen LogP contribution is -2.24. The summed E-state index contributed by atoms with van der Waals surface area (Å²) < 4.78 is 10.9. The van der Waals surface area contributed by atoms with E-state index in [1.165, 1.54) is 36.7 Å². The maximum Gasteiger partial charge on any atom is 0.303 e. The number of allylic oxidation sites excluding steroid dienone is 1. The summed E-state index contributed by atoms with van der Waals surface area (Å²) >= 11 is 1.46. The number of carbonyl (C=O) groups is 1. The molecular weight excluding hydrogens is 338 g/mol. The summed E-state index contributed by atoms with van der Waals surface area (Å²) in [5.74, 6) is 0.194. The van der Waals surface area contributed by atoms with Crippen LogP contribution in [0.1, 0.15) is 71.9 Å². The van der Waals surface area contributed by atoms with Gasteiger partial charge in [0.15, 0.2) is 10.6 Å². The van der Waals surface area contributed by atoms with Gasteiger partial charge < -0.3 is 9.15 Å². The summed E-state index contributed by atoms with van der Waals surface area (Å²) in [4.78, 5) is 15.8. The van der Waals surface area contributed by atoms with Gasteiger partial charge in [-0.1, -0.05) is 25.8 Å². The third-order valence-corrected chi connectivity index (χ3v) is 4.55. The predicted molar refractivity (Wildman–Crippen MR) is 98.0 cm³/mol. The van der Waals surface area contributed by atoms with E-state index in [1.807, 2.05) is 5.38 Å². The van der Waals surface area contributed by atoms with Crippen LogP contribution in [0.2, 0.25) is 0 Å². The second-order valence-electron chi connectivity index (χ2n) is 6.35. The summed E-state index contributed by atoms with van der Waals surface area (Å²) in [7, 11) is 0. The van der Waals surface area contributed by atoms with Gasteiger partial charge in [-0.25, -0.2) is 4.98 Å². The van der Waals surface area contributed by atoms with Gasteiger partial charge in [0.05, 0.1) is 5.69 Å². The van der Waals surface area contributed by atoms with E-state index in [1.54, 1.807) is 13.8 Å². The number of rotatable bonds is 8. The number of ether oxygens (including phenoxy) is 1. The number of carbonyl (C=O) groups excluding carboxylic acids is 1. The largest absolute Gasteiger partial charge is 0.450 e. The summed E-state index contributed by atoms with van der Waals surface area (Å²) in [6, 6.07) is 0. The number of nitrogens with zero attached hydrogens (tertiary/aromatic N) is 3. The highest BCUT2D eigenvalue weighted by Gasteiger charge is 2.31. The van der Waals surface area contributed by atoms with E-state index in [4.69, 9.17) is 9.15 Å². The van der Waals surface area contributed by atoms with Crippen LogP contribution in [-0.4, -0.2) is 21.2 Å². The van der Waals surface area contributed by atoms with Crippen molar-refractivity contribution in [3.05, 3.63) is 22.5 Å². The fourth-order valence-electron chi connectivity index (χ4n) is 2.37. The highest BCUT2D eigenvalue weighted by Crippen LogP contribution is 2.29. The van der Waals surface area contributed by atoms with Crippen LogP contribution in [0, 0.1) is 0 Å². The third kappa shape index (κ3) is 5.22. The number of unbranched alkanes of at least 4 members (excludes halogenated alkanes) is 1. The summed E-state index contributed by atoms with van der Waals surface area (Å²) in [6.07, 6.45) is 6.63. The van der Waals surface area contributed by atoms with E-state index >= 15 is 0 Å². The SMILES string of the molecule is CCCC/C(=C\c1csc(-c2nnc(C(C)(C)OC(C)=O)o2)n1)CC. The van der Waals surface area contributed by atoms with Crippen LogP contribution < -0.4 is 0 Å². The molecule has 136 valence electrons. The molecule has 0 fully saturated rings. The Morgan fingerprint density at radius 3 is 2.76 bits per heavy atom. The van der Waals surface area contributed by atoms with Gasteiger partial charge in [0.25, 0.3) is 11.8 Å². The molecule has 0 aliphatic rings. The van der Waals surface area contributed by atoms with Crippen molar-refractivity contribution >= 4 is 23.4 Å². The van der Waals surface area contributed by atoms with Gasteiger partial charge in [0.2, 0.25) is 0 Å². The Kier molecular flexibility index (Phi) is 6.47. The molecule has 2 heterocycles. The van der Waals surface area contributed by atoms with Crippen molar-refractivity contribution < 1.29 is 13.9 Å². The Morgan fingerprint density at radius 1 is 1.36 bits per heavy atom. The average molecular weight is 363 g/mol. The normalized spacial score (nSPS) is 12.4. The van der Waals surface area contributed by atoms with Crippen molar-refractivity contribution in [1.82, 2.24) is 15.2 Å². The van der Waals surface area contributed by atoms with Crippen molar-refractivity contribution in [3.8, 4) is 10.9 Å². The Bertz CT molecular complexity index is 746. The summed E-state index contributed by atoms with van der Waals surface area (Å²) in [6.45, 7) is 9.13. The Morgan fingerprint density at radius 2 is 2.12 bits per heavy atom. The van der Waals surface area contributed by atoms with Crippen molar-refractivity contribution in [3.63, 3.8) is 0 Å². The van der Waals surface area contributed by atoms with Crippen LogP contribution in [0.5, 0.6) is 0 Å². The molecule has 0 aliphatic heterocycles. The van der Waals surface area contributed by atoms with Crippen LogP contribution >= 0.6 is 11.3 Å².